The Morgan fingerprint density at radius 2 is 1.89 bits per heavy atom. The molecule has 0 aromatic heterocycles. The maximum Gasteiger partial charge on any atom is 0.0604 e. The molecule has 1 aliphatic heterocycles. The predicted molar refractivity (Wildman–Crippen MR) is 76.2 cm³/mol. The summed E-state index contributed by atoms with van der Waals surface area (Å²) in [6.07, 6.45) is 0. The number of piperazine rings is 1. The van der Waals surface area contributed by atoms with E-state index in [2.05, 4.69) is 55.0 Å². The zero-order valence-electron chi connectivity index (χ0n) is 11.6. The van der Waals surface area contributed by atoms with Gasteiger partial charge in [-0.15, -0.1) is 0 Å². The first-order chi connectivity index (χ1) is 8.61. The van der Waals surface area contributed by atoms with E-state index in [9.17, 15) is 5.11 Å². The van der Waals surface area contributed by atoms with Gasteiger partial charge in [0.2, 0.25) is 0 Å². The minimum Gasteiger partial charge on any atom is -0.395 e. The van der Waals surface area contributed by atoms with E-state index >= 15 is 0 Å². The average molecular weight is 248 g/mol. The fourth-order valence-electron chi connectivity index (χ4n) is 2.45. The van der Waals surface area contributed by atoms with Crippen LogP contribution in [0.4, 0.5) is 5.69 Å². The molecular weight excluding hydrogens is 224 g/mol. The summed E-state index contributed by atoms with van der Waals surface area (Å²) in [4.78, 5) is 4.60. The standard InChI is InChI=1S/C15H24N2O/c1-12(2)13-4-6-14(7-5-13)17-9-8-16(3)15(10-17)11-18/h4-7,12,15,18H,8-11H2,1-3H3. The van der Waals surface area contributed by atoms with Crippen molar-refractivity contribution in [3.8, 4) is 0 Å². The largest absolute Gasteiger partial charge is 0.395 e. The summed E-state index contributed by atoms with van der Waals surface area (Å²) in [5.41, 5.74) is 2.65. The molecule has 1 fully saturated rings. The van der Waals surface area contributed by atoms with Gasteiger partial charge in [-0.05, 0) is 30.7 Å². The van der Waals surface area contributed by atoms with Crippen LogP contribution in [-0.2, 0) is 0 Å². The number of anilines is 1. The second-order valence-corrected chi connectivity index (χ2v) is 5.51. The molecule has 1 aromatic rings. The van der Waals surface area contributed by atoms with Crippen molar-refractivity contribution in [1.82, 2.24) is 4.90 Å². The molecule has 1 aromatic carbocycles. The van der Waals surface area contributed by atoms with Crippen molar-refractivity contribution in [3.63, 3.8) is 0 Å². The van der Waals surface area contributed by atoms with Crippen molar-refractivity contribution in [2.75, 3.05) is 38.2 Å². The fourth-order valence-corrected chi connectivity index (χ4v) is 2.45. The number of aliphatic hydroxyl groups excluding tert-OH is 1. The average Bonchev–Trinajstić information content (AvgIpc) is 2.39. The quantitative estimate of drug-likeness (QED) is 0.885. The highest BCUT2D eigenvalue weighted by molar-refractivity contribution is 5.48. The zero-order valence-corrected chi connectivity index (χ0v) is 11.6. The lowest BCUT2D eigenvalue weighted by molar-refractivity contribution is 0.135. The van der Waals surface area contributed by atoms with E-state index in [1.54, 1.807) is 0 Å². The van der Waals surface area contributed by atoms with Crippen LogP contribution < -0.4 is 4.90 Å². The zero-order chi connectivity index (χ0) is 13.1. The Balaban J connectivity index is 2.07. The van der Waals surface area contributed by atoms with E-state index in [-0.39, 0.29) is 12.6 Å². The van der Waals surface area contributed by atoms with Gasteiger partial charge in [0.15, 0.2) is 0 Å². The number of hydrogen-bond donors (Lipinski definition) is 1. The van der Waals surface area contributed by atoms with E-state index in [1.165, 1.54) is 11.3 Å². The molecule has 3 nitrogen and oxygen atoms in total. The number of likely N-dealkylation sites (N-methyl/N-ethyl adjacent to an activating group) is 1. The maximum absolute atomic E-state index is 9.37. The minimum absolute atomic E-state index is 0.233. The van der Waals surface area contributed by atoms with Crippen LogP contribution in [0.15, 0.2) is 24.3 Å². The maximum atomic E-state index is 9.37. The highest BCUT2D eigenvalue weighted by atomic mass is 16.3. The van der Waals surface area contributed by atoms with Crippen LogP contribution in [-0.4, -0.2) is 49.3 Å². The lowest BCUT2D eigenvalue weighted by Crippen LogP contribution is -2.53. The molecule has 0 saturated carbocycles. The number of benzene rings is 1. The molecule has 2 rings (SSSR count). The summed E-state index contributed by atoms with van der Waals surface area (Å²) in [6.45, 7) is 7.62. The number of aliphatic hydroxyl groups is 1. The molecule has 1 saturated heterocycles. The summed E-state index contributed by atoms with van der Waals surface area (Å²) < 4.78 is 0. The van der Waals surface area contributed by atoms with E-state index in [0.717, 1.165) is 19.6 Å². The lowest BCUT2D eigenvalue weighted by Gasteiger charge is -2.39. The van der Waals surface area contributed by atoms with Gasteiger partial charge in [-0.1, -0.05) is 26.0 Å². The number of rotatable bonds is 3. The minimum atomic E-state index is 0.233. The first-order valence-corrected chi connectivity index (χ1v) is 6.78. The molecule has 3 heteroatoms. The molecule has 1 heterocycles. The molecule has 0 aliphatic carbocycles. The van der Waals surface area contributed by atoms with Gasteiger partial charge in [0.1, 0.15) is 0 Å². The van der Waals surface area contributed by atoms with E-state index in [1.807, 2.05) is 0 Å². The van der Waals surface area contributed by atoms with Crippen molar-refractivity contribution in [3.05, 3.63) is 29.8 Å². The first-order valence-electron chi connectivity index (χ1n) is 6.78. The van der Waals surface area contributed by atoms with Gasteiger partial charge in [0, 0.05) is 25.3 Å². The smallest absolute Gasteiger partial charge is 0.0604 e. The number of nitrogens with zero attached hydrogens (tertiary/aromatic N) is 2. The topological polar surface area (TPSA) is 26.7 Å². The van der Waals surface area contributed by atoms with Gasteiger partial charge in [0.25, 0.3) is 0 Å². The Labute approximate surface area is 110 Å². The molecule has 0 bridgehead atoms. The van der Waals surface area contributed by atoms with Gasteiger partial charge in [-0.3, -0.25) is 4.90 Å². The van der Waals surface area contributed by atoms with Crippen LogP contribution in [0, 0.1) is 0 Å². The molecule has 1 aliphatic rings. The van der Waals surface area contributed by atoms with Gasteiger partial charge >= 0.3 is 0 Å². The van der Waals surface area contributed by atoms with Crippen molar-refractivity contribution < 1.29 is 5.11 Å². The van der Waals surface area contributed by atoms with E-state index in [4.69, 9.17) is 0 Å². The van der Waals surface area contributed by atoms with E-state index < -0.39 is 0 Å². The highest BCUT2D eigenvalue weighted by Gasteiger charge is 2.23. The Bertz CT molecular complexity index is 375. The monoisotopic (exact) mass is 248 g/mol. The summed E-state index contributed by atoms with van der Waals surface area (Å²) in [6, 6.07) is 9.09. The predicted octanol–water partition coefficient (Wildman–Crippen LogP) is 1.92. The Hall–Kier alpha value is -1.06. The Morgan fingerprint density at radius 3 is 2.44 bits per heavy atom. The molecule has 1 atom stereocenters. The third-order valence-corrected chi connectivity index (χ3v) is 3.91. The second kappa shape index (κ2) is 5.72. The molecule has 1 N–H and O–H groups in total. The molecule has 1 unspecified atom stereocenters. The van der Waals surface area contributed by atoms with Crippen LogP contribution in [0.2, 0.25) is 0 Å². The molecule has 0 spiro atoms. The third-order valence-electron chi connectivity index (χ3n) is 3.91. The fraction of sp³-hybridized carbons (Fsp3) is 0.600. The van der Waals surface area contributed by atoms with Gasteiger partial charge < -0.3 is 10.0 Å². The highest BCUT2D eigenvalue weighted by Crippen LogP contribution is 2.22. The summed E-state index contributed by atoms with van der Waals surface area (Å²) >= 11 is 0. The molecular formula is C15H24N2O. The van der Waals surface area contributed by atoms with Crippen LogP contribution >= 0.6 is 0 Å². The van der Waals surface area contributed by atoms with E-state index in [0.29, 0.717) is 5.92 Å². The summed E-state index contributed by atoms with van der Waals surface area (Å²) in [5.74, 6) is 0.580. The molecule has 18 heavy (non-hydrogen) atoms. The van der Waals surface area contributed by atoms with Crippen LogP contribution in [0.1, 0.15) is 25.3 Å². The van der Waals surface area contributed by atoms with Crippen LogP contribution in [0.25, 0.3) is 0 Å². The lowest BCUT2D eigenvalue weighted by atomic mass is 10.0. The third kappa shape index (κ3) is 2.85. The SMILES string of the molecule is CC(C)c1ccc(N2CCN(C)C(CO)C2)cc1. The van der Waals surface area contributed by atoms with Crippen molar-refractivity contribution >= 4 is 5.69 Å². The Morgan fingerprint density at radius 1 is 1.22 bits per heavy atom. The normalized spacial score (nSPS) is 21.6. The molecule has 0 radical (unpaired) electrons. The number of hydrogen-bond acceptors (Lipinski definition) is 3. The first kappa shape index (κ1) is 13.4. The van der Waals surface area contributed by atoms with Crippen LogP contribution in [0.3, 0.4) is 0 Å². The van der Waals surface area contributed by atoms with Crippen molar-refractivity contribution in [1.29, 1.82) is 0 Å². The van der Waals surface area contributed by atoms with Crippen molar-refractivity contribution in [2.24, 2.45) is 0 Å². The Kier molecular flexibility index (Phi) is 4.25. The molecule has 100 valence electrons. The van der Waals surface area contributed by atoms with Crippen LogP contribution in [0.5, 0.6) is 0 Å². The molecule has 0 amide bonds. The second-order valence-electron chi connectivity index (χ2n) is 5.51. The van der Waals surface area contributed by atoms with Gasteiger partial charge in [0.05, 0.1) is 12.6 Å². The van der Waals surface area contributed by atoms with Crippen molar-refractivity contribution in [2.45, 2.75) is 25.8 Å². The summed E-state index contributed by atoms with van der Waals surface area (Å²) in [5, 5.41) is 9.37. The summed E-state index contributed by atoms with van der Waals surface area (Å²) in [7, 11) is 2.08. The van der Waals surface area contributed by atoms with Gasteiger partial charge in [-0.25, -0.2) is 0 Å². The van der Waals surface area contributed by atoms with Gasteiger partial charge in [-0.2, -0.15) is 0 Å².